The molecule has 30 heavy (non-hydrogen) atoms. The van der Waals surface area contributed by atoms with Gasteiger partial charge in [-0.2, -0.15) is 26.6 Å². The van der Waals surface area contributed by atoms with Crippen molar-refractivity contribution in [2.45, 2.75) is 10.7 Å². The van der Waals surface area contributed by atoms with Crippen molar-refractivity contribution < 1.29 is 26.3 Å². The number of anilines is 1. The van der Waals surface area contributed by atoms with Gasteiger partial charge in [0.15, 0.2) is 5.16 Å². The van der Waals surface area contributed by atoms with Gasteiger partial charge in [0.25, 0.3) is 0 Å². The third kappa shape index (κ3) is 4.97. The first-order valence-corrected chi connectivity index (χ1v) is 11.2. The number of sulfonamides is 1. The Labute approximate surface area is 179 Å². The Morgan fingerprint density at radius 3 is 2.23 bits per heavy atom. The average molecular weight is 476 g/mol. The Balaban J connectivity index is 1.92. The Hall–Kier alpha value is -2.50. The number of nitrogens with zero attached hydrogens (tertiary/aromatic N) is 2. The lowest BCUT2D eigenvalue weighted by Crippen LogP contribution is -2.29. The van der Waals surface area contributed by atoms with E-state index in [9.17, 15) is 21.6 Å². The summed E-state index contributed by atoms with van der Waals surface area (Å²) in [7, 11) is -5.51. The molecule has 0 unspecified atom stereocenters. The molecule has 0 bridgehead atoms. The van der Waals surface area contributed by atoms with E-state index in [4.69, 9.17) is 16.3 Å². The summed E-state index contributed by atoms with van der Waals surface area (Å²) in [5, 5.41) is 0.536. The normalized spacial score (nSPS) is 11.9. The standard InChI is InChI=1S/C18H13ClF3N3O3S2/c1-29-17-23-15(19)14(11-5-3-2-4-6-11)16(24-17)28-13-9-7-12(8-10-13)25-30(26,27)18(20,21)22/h2-10,25H,1H3. The number of halogens is 4. The number of benzene rings is 2. The van der Waals surface area contributed by atoms with E-state index in [1.807, 2.05) is 6.07 Å². The molecule has 1 aromatic heterocycles. The molecule has 0 aliphatic rings. The van der Waals surface area contributed by atoms with Crippen LogP contribution in [0.2, 0.25) is 5.15 Å². The van der Waals surface area contributed by atoms with Crippen LogP contribution >= 0.6 is 23.4 Å². The zero-order valence-electron chi connectivity index (χ0n) is 15.1. The van der Waals surface area contributed by atoms with E-state index >= 15 is 0 Å². The van der Waals surface area contributed by atoms with Crippen molar-refractivity contribution in [2.24, 2.45) is 0 Å². The number of nitrogens with one attached hydrogen (secondary N) is 1. The second-order valence-corrected chi connectivity index (χ2v) is 8.53. The summed E-state index contributed by atoms with van der Waals surface area (Å²) in [5.74, 6) is 0.359. The number of hydrogen-bond donors (Lipinski definition) is 1. The molecule has 0 fully saturated rings. The molecule has 1 N–H and O–H groups in total. The van der Waals surface area contributed by atoms with E-state index in [2.05, 4.69) is 9.97 Å². The summed E-state index contributed by atoms with van der Waals surface area (Å²) in [5.41, 5.74) is -4.54. The maximum Gasteiger partial charge on any atom is 0.516 e. The van der Waals surface area contributed by atoms with Crippen molar-refractivity contribution in [3.05, 3.63) is 59.8 Å². The van der Waals surface area contributed by atoms with E-state index in [1.165, 1.54) is 28.6 Å². The quantitative estimate of drug-likeness (QED) is 0.285. The molecule has 0 saturated heterocycles. The maximum atomic E-state index is 12.5. The lowest BCUT2D eigenvalue weighted by atomic mass is 10.1. The molecule has 158 valence electrons. The van der Waals surface area contributed by atoms with Crippen LogP contribution in [0.4, 0.5) is 18.9 Å². The highest BCUT2D eigenvalue weighted by Gasteiger charge is 2.46. The minimum absolute atomic E-state index is 0.147. The largest absolute Gasteiger partial charge is 0.516 e. The fourth-order valence-electron chi connectivity index (χ4n) is 2.32. The second kappa shape index (κ2) is 8.70. The number of aromatic nitrogens is 2. The van der Waals surface area contributed by atoms with Crippen LogP contribution < -0.4 is 9.46 Å². The van der Waals surface area contributed by atoms with Crippen LogP contribution in [0.15, 0.2) is 59.8 Å². The Kier molecular flexibility index (Phi) is 6.44. The summed E-state index contributed by atoms with van der Waals surface area (Å²) in [6.07, 6.45) is 1.76. The van der Waals surface area contributed by atoms with Gasteiger partial charge in [-0.05, 0) is 36.1 Å². The molecule has 0 amide bonds. The van der Waals surface area contributed by atoms with E-state index in [0.717, 1.165) is 12.1 Å². The van der Waals surface area contributed by atoms with Crippen molar-refractivity contribution in [1.82, 2.24) is 9.97 Å². The summed E-state index contributed by atoms with van der Waals surface area (Å²) >= 11 is 7.58. The second-order valence-electron chi connectivity index (χ2n) is 5.72. The minimum atomic E-state index is -5.51. The Morgan fingerprint density at radius 2 is 1.67 bits per heavy atom. The Bertz CT molecular complexity index is 1140. The van der Waals surface area contributed by atoms with Gasteiger partial charge in [-0.3, -0.25) is 4.72 Å². The number of ether oxygens (including phenoxy) is 1. The molecule has 0 aliphatic heterocycles. The van der Waals surface area contributed by atoms with Gasteiger partial charge in [0, 0.05) is 5.69 Å². The summed E-state index contributed by atoms with van der Waals surface area (Å²) in [6, 6.07) is 13.9. The van der Waals surface area contributed by atoms with Gasteiger partial charge in [-0.1, -0.05) is 53.7 Å². The highest BCUT2D eigenvalue weighted by molar-refractivity contribution is 7.98. The molecule has 3 aromatic rings. The lowest BCUT2D eigenvalue weighted by Gasteiger charge is -2.14. The first kappa shape index (κ1) is 22.2. The highest BCUT2D eigenvalue weighted by atomic mass is 35.5. The smallest absolute Gasteiger partial charge is 0.438 e. The lowest BCUT2D eigenvalue weighted by molar-refractivity contribution is -0.0429. The van der Waals surface area contributed by atoms with Gasteiger partial charge >= 0.3 is 15.5 Å². The van der Waals surface area contributed by atoms with Gasteiger partial charge in [-0.25, -0.2) is 4.98 Å². The molecule has 0 saturated carbocycles. The molecular weight excluding hydrogens is 463 g/mol. The molecule has 0 atom stereocenters. The first-order chi connectivity index (χ1) is 14.1. The van der Waals surface area contributed by atoms with E-state index < -0.39 is 15.5 Å². The molecule has 3 rings (SSSR count). The van der Waals surface area contributed by atoms with Crippen molar-refractivity contribution in [2.75, 3.05) is 11.0 Å². The zero-order chi connectivity index (χ0) is 21.9. The third-order valence-corrected chi connectivity index (χ3v) is 5.62. The van der Waals surface area contributed by atoms with E-state index in [-0.39, 0.29) is 22.5 Å². The number of alkyl halides is 3. The van der Waals surface area contributed by atoms with Crippen molar-refractivity contribution in [1.29, 1.82) is 0 Å². The summed E-state index contributed by atoms with van der Waals surface area (Å²) in [6.45, 7) is 0. The number of rotatable bonds is 6. The van der Waals surface area contributed by atoms with Crippen LogP contribution in [0.1, 0.15) is 0 Å². The van der Waals surface area contributed by atoms with Crippen LogP contribution in [-0.4, -0.2) is 30.1 Å². The molecule has 2 aromatic carbocycles. The van der Waals surface area contributed by atoms with Crippen LogP contribution in [0.3, 0.4) is 0 Å². The van der Waals surface area contributed by atoms with Crippen molar-refractivity contribution >= 4 is 39.1 Å². The highest BCUT2D eigenvalue weighted by Crippen LogP contribution is 2.38. The van der Waals surface area contributed by atoms with Gasteiger partial charge in [0.05, 0.1) is 5.56 Å². The summed E-state index contributed by atoms with van der Waals surface area (Å²) in [4.78, 5) is 8.52. The molecule has 1 heterocycles. The van der Waals surface area contributed by atoms with Gasteiger partial charge in [-0.15, -0.1) is 0 Å². The molecule has 12 heteroatoms. The fourth-order valence-corrected chi connectivity index (χ4v) is 3.56. The van der Waals surface area contributed by atoms with Crippen LogP contribution in [-0.2, 0) is 10.0 Å². The predicted molar refractivity (Wildman–Crippen MR) is 109 cm³/mol. The summed E-state index contributed by atoms with van der Waals surface area (Å²) < 4.78 is 67.1. The average Bonchev–Trinajstić information content (AvgIpc) is 2.68. The van der Waals surface area contributed by atoms with Crippen molar-refractivity contribution in [3.63, 3.8) is 0 Å². The van der Waals surface area contributed by atoms with E-state index in [0.29, 0.717) is 16.3 Å². The van der Waals surface area contributed by atoms with Crippen LogP contribution in [0, 0.1) is 0 Å². The molecular formula is C18H13ClF3N3O3S2. The predicted octanol–water partition coefficient (Wildman–Crippen LogP) is 5.57. The van der Waals surface area contributed by atoms with Gasteiger partial charge < -0.3 is 4.74 Å². The molecule has 0 radical (unpaired) electrons. The topological polar surface area (TPSA) is 81.2 Å². The van der Waals surface area contributed by atoms with Crippen LogP contribution in [0.5, 0.6) is 11.6 Å². The van der Waals surface area contributed by atoms with E-state index in [1.54, 1.807) is 30.5 Å². The van der Waals surface area contributed by atoms with Crippen molar-refractivity contribution in [3.8, 4) is 22.8 Å². The minimum Gasteiger partial charge on any atom is -0.438 e. The fraction of sp³-hybridized carbons (Fsp3) is 0.111. The Morgan fingerprint density at radius 1 is 1.03 bits per heavy atom. The third-order valence-electron chi connectivity index (χ3n) is 3.68. The molecule has 6 nitrogen and oxygen atoms in total. The molecule has 0 spiro atoms. The zero-order valence-corrected chi connectivity index (χ0v) is 17.5. The first-order valence-electron chi connectivity index (χ1n) is 8.14. The van der Waals surface area contributed by atoms with Crippen LogP contribution in [0.25, 0.3) is 11.1 Å². The van der Waals surface area contributed by atoms with Gasteiger partial charge in [0.1, 0.15) is 10.9 Å². The number of thioether (sulfide) groups is 1. The number of hydrogen-bond acceptors (Lipinski definition) is 6. The van der Waals surface area contributed by atoms with Gasteiger partial charge in [0.2, 0.25) is 5.88 Å². The maximum absolute atomic E-state index is 12.5. The molecule has 0 aliphatic carbocycles. The monoisotopic (exact) mass is 475 g/mol. The SMILES string of the molecule is CSc1nc(Cl)c(-c2ccccc2)c(Oc2ccc(NS(=O)(=O)C(F)(F)F)cc2)n1.